The predicted molar refractivity (Wildman–Crippen MR) is 75.1 cm³/mol. The predicted octanol–water partition coefficient (Wildman–Crippen LogP) is 2.61. The van der Waals surface area contributed by atoms with Gasteiger partial charge in [0.2, 0.25) is 0 Å². The summed E-state index contributed by atoms with van der Waals surface area (Å²) < 4.78 is 11.4. The molecule has 1 aromatic heterocycles. The molecule has 1 N–H and O–H groups in total. The zero-order valence-electron chi connectivity index (χ0n) is 10.8. The lowest BCUT2D eigenvalue weighted by Gasteiger charge is -2.16. The van der Waals surface area contributed by atoms with Crippen LogP contribution in [0.4, 0.5) is 0 Å². The number of thiazole rings is 1. The number of nitrogens with zero attached hydrogens (tertiary/aromatic N) is 1. The van der Waals surface area contributed by atoms with Gasteiger partial charge in [0.05, 0.1) is 19.3 Å². The van der Waals surface area contributed by atoms with Gasteiger partial charge >= 0.3 is 0 Å². The van der Waals surface area contributed by atoms with Gasteiger partial charge in [-0.15, -0.1) is 11.3 Å². The first-order chi connectivity index (χ1) is 9.38. The van der Waals surface area contributed by atoms with E-state index in [-0.39, 0.29) is 6.04 Å². The van der Waals surface area contributed by atoms with Crippen molar-refractivity contribution < 1.29 is 9.47 Å². The van der Waals surface area contributed by atoms with Gasteiger partial charge in [-0.25, -0.2) is 4.98 Å². The van der Waals surface area contributed by atoms with Gasteiger partial charge in [0.15, 0.2) is 11.5 Å². The summed E-state index contributed by atoms with van der Waals surface area (Å²) in [4.78, 5) is 4.38. The number of benzene rings is 1. The smallest absolute Gasteiger partial charge is 0.161 e. The largest absolute Gasteiger partial charge is 0.490 e. The van der Waals surface area contributed by atoms with Crippen LogP contribution in [0.3, 0.4) is 0 Å². The summed E-state index contributed by atoms with van der Waals surface area (Å²) in [6.45, 7) is 1.42. The number of fused-ring (bicyclic) bond motifs is 1. The van der Waals surface area contributed by atoms with E-state index in [4.69, 9.17) is 9.47 Å². The Bertz CT molecular complexity index is 542. The fourth-order valence-corrected chi connectivity index (χ4v) is 2.94. The Kier molecular flexibility index (Phi) is 3.66. The molecule has 0 bridgehead atoms. The average molecular weight is 276 g/mol. The first-order valence-corrected chi connectivity index (χ1v) is 7.22. The summed E-state index contributed by atoms with van der Waals surface area (Å²) >= 11 is 1.65. The highest BCUT2D eigenvalue weighted by atomic mass is 32.1. The van der Waals surface area contributed by atoms with Crippen LogP contribution < -0.4 is 14.8 Å². The van der Waals surface area contributed by atoms with Crippen molar-refractivity contribution in [3.05, 3.63) is 40.3 Å². The highest BCUT2D eigenvalue weighted by Gasteiger charge is 2.18. The molecule has 100 valence electrons. The molecule has 0 aliphatic carbocycles. The summed E-state index contributed by atoms with van der Waals surface area (Å²) in [6.07, 6.45) is 2.75. The van der Waals surface area contributed by atoms with Gasteiger partial charge in [0.1, 0.15) is 5.01 Å². The molecule has 1 unspecified atom stereocenters. The summed E-state index contributed by atoms with van der Waals surface area (Å²) in [7, 11) is 1.94. The first-order valence-electron chi connectivity index (χ1n) is 6.34. The zero-order valence-corrected chi connectivity index (χ0v) is 11.6. The van der Waals surface area contributed by atoms with Crippen LogP contribution in [0, 0.1) is 0 Å². The van der Waals surface area contributed by atoms with Crippen LogP contribution in [-0.2, 0) is 0 Å². The van der Waals surface area contributed by atoms with E-state index in [2.05, 4.69) is 16.4 Å². The molecule has 0 fully saturated rings. The van der Waals surface area contributed by atoms with Gasteiger partial charge in [-0.1, -0.05) is 6.07 Å². The molecule has 1 aliphatic heterocycles. The second-order valence-corrected chi connectivity index (χ2v) is 5.27. The van der Waals surface area contributed by atoms with E-state index in [0.717, 1.165) is 28.5 Å². The van der Waals surface area contributed by atoms with Crippen molar-refractivity contribution in [3.8, 4) is 11.5 Å². The quantitative estimate of drug-likeness (QED) is 0.936. The summed E-state index contributed by atoms with van der Waals surface area (Å²) in [5, 5.41) is 6.34. The van der Waals surface area contributed by atoms with Gasteiger partial charge in [-0.05, 0) is 24.7 Å². The number of hydrogen-bond acceptors (Lipinski definition) is 5. The van der Waals surface area contributed by atoms with E-state index in [0.29, 0.717) is 13.2 Å². The van der Waals surface area contributed by atoms with Gasteiger partial charge in [0, 0.05) is 18.0 Å². The normalized spacial score (nSPS) is 15.8. The molecular weight excluding hydrogens is 260 g/mol. The van der Waals surface area contributed by atoms with Crippen LogP contribution >= 0.6 is 11.3 Å². The van der Waals surface area contributed by atoms with Crippen LogP contribution in [0.1, 0.15) is 23.0 Å². The van der Waals surface area contributed by atoms with Gasteiger partial charge in [0.25, 0.3) is 0 Å². The van der Waals surface area contributed by atoms with Crippen molar-refractivity contribution in [2.45, 2.75) is 12.5 Å². The number of nitrogens with one attached hydrogen (secondary N) is 1. The molecule has 1 aliphatic rings. The molecule has 5 heteroatoms. The molecule has 3 rings (SSSR count). The molecule has 0 amide bonds. The number of rotatable bonds is 3. The fraction of sp³-hybridized carbons (Fsp3) is 0.357. The molecule has 0 radical (unpaired) electrons. The zero-order chi connectivity index (χ0) is 13.1. The third-order valence-electron chi connectivity index (χ3n) is 3.09. The topological polar surface area (TPSA) is 43.4 Å². The van der Waals surface area contributed by atoms with Crippen molar-refractivity contribution in [1.29, 1.82) is 0 Å². The molecule has 0 spiro atoms. The molecule has 1 atom stereocenters. The van der Waals surface area contributed by atoms with Crippen LogP contribution in [0.25, 0.3) is 0 Å². The van der Waals surface area contributed by atoms with E-state index in [1.54, 1.807) is 11.3 Å². The molecule has 4 nitrogen and oxygen atoms in total. The highest BCUT2D eigenvalue weighted by Crippen LogP contribution is 2.34. The number of aromatic nitrogens is 1. The van der Waals surface area contributed by atoms with E-state index in [1.807, 2.05) is 30.8 Å². The van der Waals surface area contributed by atoms with Gasteiger partial charge < -0.3 is 14.8 Å². The number of hydrogen-bond donors (Lipinski definition) is 1. The molecule has 0 saturated carbocycles. The first kappa shape index (κ1) is 12.4. The van der Waals surface area contributed by atoms with E-state index < -0.39 is 0 Å². The van der Waals surface area contributed by atoms with E-state index >= 15 is 0 Å². The van der Waals surface area contributed by atoms with Crippen LogP contribution in [0.15, 0.2) is 29.8 Å². The average Bonchev–Trinajstić information content (AvgIpc) is 2.85. The Hall–Kier alpha value is -1.59. The molecule has 1 aromatic carbocycles. The Balaban J connectivity index is 1.94. The third kappa shape index (κ3) is 2.57. The maximum Gasteiger partial charge on any atom is 0.161 e. The lowest BCUT2D eigenvalue weighted by molar-refractivity contribution is 0.297. The summed E-state index contributed by atoms with van der Waals surface area (Å²) in [6, 6.07) is 6.19. The SMILES string of the molecule is CNC(c1ccc2c(c1)OCCCO2)c1nccs1. The van der Waals surface area contributed by atoms with Gasteiger partial charge in [-0.2, -0.15) is 0 Å². The van der Waals surface area contributed by atoms with Crippen molar-refractivity contribution in [2.75, 3.05) is 20.3 Å². The van der Waals surface area contributed by atoms with Crippen molar-refractivity contribution in [3.63, 3.8) is 0 Å². The minimum atomic E-state index is 0.0946. The van der Waals surface area contributed by atoms with Crippen molar-refractivity contribution >= 4 is 11.3 Å². The summed E-state index contributed by atoms with van der Waals surface area (Å²) in [5.74, 6) is 1.65. The minimum absolute atomic E-state index is 0.0946. The van der Waals surface area contributed by atoms with E-state index in [9.17, 15) is 0 Å². The number of ether oxygens (including phenoxy) is 2. The Morgan fingerprint density at radius 1 is 1.26 bits per heavy atom. The Morgan fingerprint density at radius 3 is 2.84 bits per heavy atom. The molecule has 2 heterocycles. The fourth-order valence-electron chi connectivity index (χ4n) is 2.17. The maximum absolute atomic E-state index is 5.73. The van der Waals surface area contributed by atoms with Crippen LogP contribution in [0.5, 0.6) is 11.5 Å². The Labute approximate surface area is 116 Å². The second kappa shape index (κ2) is 5.59. The van der Waals surface area contributed by atoms with Crippen molar-refractivity contribution in [2.24, 2.45) is 0 Å². The third-order valence-corrected chi connectivity index (χ3v) is 3.93. The van der Waals surface area contributed by atoms with E-state index in [1.165, 1.54) is 0 Å². The molecule has 19 heavy (non-hydrogen) atoms. The maximum atomic E-state index is 5.73. The lowest BCUT2D eigenvalue weighted by Crippen LogP contribution is -2.17. The second-order valence-electron chi connectivity index (χ2n) is 4.35. The standard InChI is InChI=1S/C14H16N2O2S/c1-15-13(14-16-5-8-19-14)10-3-4-11-12(9-10)18-7-2-6-17-11/h3-5,8-9,13,15H,2,6-7H2,1H3. The summed E-state index contributed by atoms with van der Waals surface area (Å²) in [5.41, 5.74) is 1.14. The Morgan fingerprint density at radius 2 is 2.11 bits per heavy atom. The molecular formula is C14H16N2O2S. The molecule has 2 aromatic rings. The van der Waals surface area contributed by atoms with Crippen molar-refractivity contribution in [1.82, 2.24) is 10.3 Å². The highest BCUT2D eigenvalue weighted by molar-refractivity contribution is 7.09. The monoisotopic (exact) mass is 276 g/mol. The lowest BCUT2D eigenvalue weighted by atomic mass is 10.1. The molecule has 0 saturated heterocycles. The van der Waals surface area contributed by atoms with Gasteiger partial charge in [-0.3, -0.25) is 0 Å². The van der Waals surface area contributed by atoms with Crippen LogP contribution in [0.2, 0.25) is 0 Å². The van der Waals surface area contributed by atoms with Crippen LogP contribution in [-0.4, -0.2) is 25.2 Å². The minimum Gasteiger partial charge on any atom is -0.490 e.